The molecule has 0 atom stereocenters. The van der Waals surface area contributed by atoms with Crippen LogP contribution >= 0.6 is 11.9 Å². The van der Waals surface area contributed by atoms with Gasteiger partial charge in [0.15, 0.2) is 5.76 Å². The number of carbonyl (C=O) groups is 1. The van der Waals surface area contributed by atoms with Crippen LogP contribution in [0.25, 0.3) is 11.0 Å². The summed E-state index contributed by atoms with van der Waals surface area (Å²) in [4.78, 5) is 14.9. The van der Waals surface area contributed by atoms with E-state index in [2.05, 4.69) is 4.72 Å². The first kappa shape index (κ1) is 18.6. The molecule has 146 valence electrons. The molecule has 2 aromatic carbocycles. The van der Waals surface area contributed by atoms with Crippen molar-refractivity contribution in [3.63, 3.8) is 0 Å². The minimum Gasteiger partial charge on any atom is -0.493 e. The Hall–Kier alpha value is -2.74. The summed E-state index contributed by atoms with van der Waals surface area (Å²) in [5.41, 5.74) is 1.06. The van der Waals surface area contributed by atoms with E-state index < -0.39 is 17.5 Å². The fraction of sp³-hybridized carbons (Fsp3) is 0.250. The Morgan fingerprint density at radius 1 is 1.25 bits per heavy atom. The van der Waals surface area contributed by atoms with Crippen molar-refractivity contribution in [2.45, 2.75) is 18.2 Å². The van der Waals surface area contributed by atoms with Crippen molar-refractivity contribution in [3.05, 3.63) is 53.8 Å². The summed E-state index contributed by atoms with van der Waals surface area (Å²) >= 11 is 0.912. The second-order valence-electron chi connectivity index (χ2n) is 6.35. The van der Waals surface area contributed by atoms with Crippen LogP contribution < -0.4 is 14.4 Å². The molecule has 1 aliphatic rings. The van der Waals surface area contributed by atoms with E-state index in [0.717, 1.165) is 37.1 Å². The second kappa shape index (κ2) is 7.71. The molecular formula is C20H18F2N2O3S. The molecule has 0 radical (unpaired) electrons. The number of fused-ring (bicyclic) bond motifs is 1. The Balaban J connectivity index is 1.53. The molecule has 1 amide bonds. The van der Waals surface area contributed by atoms with Crippen molar-refractivity contribution in [2.75, 3.05) is 24.6 Å². The topological polar surface area (TPSA) is 54.7 Å². The summed E-state index contributed by atoms with van der Waals surface area (Å²) in [5.74, 6) is -0.971. The summed E-state index contributed by atoms with van der Waals surface area (Å²) in [6, 6.07) is 8.62. The molecule has 5 nitrogen and oxygen atoms in total. The molecule has 0 unspecified atom stereocenters. The highest BCUT2D eigenvalue weighted by molar-refractivity contribution is 7.98. The van der Waals surface area contributed by atoms with Crippen molar-refractivity contribution in [3.8, 4) is 5.75 Å². The second-order valence-corrected chi connectivity index (χ2v) is 7.20. The number of halogens is 2. The summed E-state index contributed by atoms with van der Waals surface area (Å²) in [7, 11) is 0. The summed E-state index contributed by atoms with van der Waals surface area (Å²) in [5, 5.41) is 0.250. The van der Waals surface area contributed by atoms with Crippen molar-refractivity contribution in [1.82, 2.24) is 4.72 Å². The minimum absolute atomic E-state index is 0.0171. The maximum atomic E-state index is 14.4. The van der Waals surface area contributed by atoms with Crippen LogP contribution in [0.3, 0.4) is 0 Å². The van der Waals surface area contributed by atoms with Crippen LogP contribution in [0, 0.1) is 11.6 Å². The third kappa shape index (κ3) is 3.64. The van der Waals surface area contributed by atoms with Gasteiger partial charge in [0.05, 0.1) is 16.9 Å². The lowest BCUT2D eigenvalue weighted by molar-refractivity contribution is 0.0959. The Kier molecular flexibility index (Phi) is 5.13. The van der Waals surface area contributed by atoms with Gasteiger partial charge in [-0.1, -0.05) is 0 Å². The largest absolute Gasteiger partial charge is 0.493 e. The van der Waals surface area contributed by atoms with Gasteiger partial charge >= 0.3 is 0 Å². The lowest BCUT2D eigenvalue weighted by Crippen LogP contribution is -2.36. The zero-order chi connectivity index (χ0) is 19.7. The van der Waals surface area contributed by atoms with Gasteiger partial charge in [-0.15, -0.1) is 0 Å². The van der Waals surface area contributed by atoms with E-state index in [4.69, 9.17) is 9.15 Å². The van der Waals surface area contributed by atoms with E-state index in [1.165, 1.54) is 30.3 Å². The third-order valence-corrected chi connectivity index (χ3v) is 5.30. The van der Waals surface area contributed by atoms with E-state index in [1.54, 1.807) is 6.07 Å². The van der Waals surface area contributed by atoms with Crippen LogP contribution in [-0.4, -0.2) is 25.6 Å². The van der Waals surface area contributed by atoms with Gasteiger partial charge in [0, 0.05) is 30.9 Å². The van der Waals surface area contributed by atoms with E-state index in [9.17, 15) is 13.6 Å². The highest BCUT2D eigenvalue weighted by Crippen LogP contribution is 2.31. The van der Waals surface area contributed by atoms with E-state index in [0.29, 0.717) is 22.8 Å². The average Bonchev–Trinajstić information content (AvgIpc) is 3.05. The number of furan rings is 1. The number of hydrogen-bond donors (Lipinski definition) is 1. The van der Waals surface area contributed by atoms with Crippen molar-refractivity contribution in [1.29, 1.82) is 0 Å². The number of rotatable bonds is 6. The molecule has 2 heterocycles. The number of amides is 1. The van der Waals surface area contributed by atoms with E-state index >= 15 is 0 Å². The minimum atomic E-state index is -0.544. The average molecular weight is 404 g/mol. The van der Waals surface area contributed by atoms with E-state index in [-0.39, 0.29) is 11.1 Å². The first-order valence-electron chi connectivity index (χ1n) is 8.92. The summed E-state index contributed by atoms with van der Waals surface area (Å²) in [6.45, 7) is 3.99. The Morgan fingerprint density at radius 2 is 2.07 bits per heavy atom. The molecule has 1 saturated heterocycles. The van der Waals surface area contributed by atoms with Gasteiger partial charge in [0.25, 0.3) is 5.91 Å². The smallest absolute Gasteiger partial charge is 0.297 e. The third-order valence-electron chi connectivity index (χ3n) is 4.48. The molecular weight excluding hydrogens is 386 g/mol. The molecule has 0 saturated carbocycles. The highest BCUT2D eigenvalue weighted by Gasteiger charge is 2.20. The molecule has 0 bridgehead atoms. The zero-order valence-corrected chi connectivity index (χ0v) is 15.9. The fourth-order valence-corrected chi connectivity index (χ4v) is 3.64. The van der Waals surface area contributed by atoms with Crippen LogP contribution in [0.5, 0.6) is 5.75 Å². The van der Waals surface area contributed by atoms with Gasteiger partial charge in [-0.2, -0.15) is 0 Å². The monoisotopic (exact) mass is 404 g/mol. The standard InChI is InChI=1S/C20H18F2N2O3S/c1-2-26-16-5-4-12(21)8-19(16)28-23-20(25)18-11-14-15(22)9-13(10-17(14)27-18)24-6-3-7-24/h4-5,8-11H,2-3,6-7H2,1H3,(H,23,25). The Labute approximate surface area is 164 Å². The van der Waals surface area contributed by atoms with E-state index in [1.807, 2.05) is 11.8 Å². The lowest BCUT2D eigenvalue weighted by atomic mass is 10.1. The first-order valence-corrected chi connectivity index (χ1v) is 9.74. The zero-order valence-electron chi connectivity index (χ0n) is 15.1. The molecule has 3 aromatic rings. The number of anilines is 1. The van der Waals surface area contributed by atoms with Crippen LogP contribution in [0.15, 0.2) is 45.7 Å². The number of benzene rings is 2. The van der Waals surface area contributed by atoms with Gasteiger partial charge in [-0.3, -0.25) is 9.52 Å². The highest BCUT2D eigenvalue weighted by atomic mass is 32.2. The van der Waals surface area contributed by atoms with Crippen molar-refractivity contribution in [2.24, 2.45) is 0 Å². The van der Waals surface area contributed by atoms with Gasteiger partial charge in [-0.05, 0) is 49.6 Å². The number of nitrogens with one attached hydrogen (secondary N) is 1. The molecule has 8 heteroatoms. The quantitative estimate of drug-likeness (QED) is 0.601. The summed E-state index contributed by atoms with van der Waals surface area (Å²) < 4.78 is 41.5. The lowest BCUT2D eigenvalue weighted by Gasteiger charge is -2.33. The molecule has 1 fully saturated rings. The Bertz CT molecular complexity index is 1030. The first-order chi connectivity index (χ1) is 13.5. The van der Waals surface area contributed by atoms with Crippen LogP contribution in [0.4, 0.5) is 14.5 Å². The number of ether oxygens (including phenoxy) is 1. The normalized spacial score (nSPS) is 13.5. The van der Waals surface area contributed by atoms with Crippen LogP contribution in [0.2, 0.25) is 0 Å². The van der Waals surface area contributed by atoms with Gasteiger partial charge in [0.1, 0.15) is 23.0 Å². The number of carbonyl (C=O) groups excluding carboxylic acids is 1. The fourth-order valence-electron chi connectivity index (χ4n) is 2.94. The van der Waals surface area contributed by atoms with Crippen LogP contribution in [0.1, 0.15) is 23.9 Å². The predicted molar refractivity (Wildman–Crippen MR) is 104 cm³/mol. The molecule has 1 aromatic heterocycles. The molecule has 4 rings (SSSR count). The number of nitrogens with zero attached hydrogens (tertiary/aromatic N) is 1. The Morgan fingerprint density at radius 3 is 2.79 bits per heavy atom. The summed E-state index contributed by atoms with van der Waals surface area (Å²) in [6.07, 6.45) is 1.08. The van der Waals surface area contributed by atoms with Crippen molar-refractivity contribution >= 4 is 34.5 Å². The molecule has 28 heavy (non-hydrogen) atoms. The maximum absolute atomic E-state index is 14.4. The van der Waals surface area contributed by atoms with Gasteiger partial charge in [0.2, 0.25) is 0 Å². The molecule has 1 N–H and O–H groups in total. The van der Waals surface area contributed by atoms with Gasteiger partial charge < -0.3 is 14.1 Å². The number of hydrogen-bond acceptors (Lipinski definition) is 5. The predicted octanol–water partition coefficient (Wildman–Crippen LogP) is 4.76. The molecule has 1 aliphatic heterocycles. The molecule has 0 spiro atoms. The van der Waals surface area contributed by atoms with Crippen molar-refractivity contribution < 1.29 is 22.7 Å². The SMILES string of the molecule is CCOc1ccc(F)cc1SNC(=O)c1cc2c(F)cc(N3CCC3)cc2o1. The van der Waals surface area contributed by atoms with Crippen LogP contribution in [-0.2, 0) is 0 Å². The maximum Gasteiger partial charge on any atom is 0.297 e. The van der Waals surface area contributed by atoms with Gasteiger partial charge in [-0.25, -0.2) is 8.78 Å². The molecule has 0 aliphatic carbocycles.